The van der Waals surface area contributed by atoms with Gasteiger partial charge in [-0.05, 0) is 70.6 Å². The highest BCUT2D eigenvalue weighted by Gasteiger charge is 2.19. The van der Waals surface area contributed by atoms with Crippen LogP contribution in [0.5, 0.6) is 0 Å². The van der Waals surface area contributed by atoms with Gasteiger partial charge in [-0.1, -0.05) is 276 Å². The topological polar surface area (TPSA) is 78.9 Å². The Labute approximate surface area is 429 Å². The van der Waals surface area contributed by atoms with Crippen LogP contribution in [0.2, 0.25) is 0 Å². The molecule has 0 aliphatic carbocycles. The van der Waals surface area contributed by atoms with Crippen molar-refractivity contribution in [1.29, 1.82) is 0 Å². The van der Waals surface area contributed by atoms with E-state index in [0.29, 0.717) is 19.3 Å². The van der Waals surface area contributed by atoms with E-state index in [1.165, 1.54) is 199 Å². The van der Waals surface area contributed by atoms with Crippen LogP contribution in [0.1, 0.15) is 329 Å². The van der Waals surface area contributed by atoms with Gasteiger partial charge in [0.05, 0.1) is 0 Å². The minimum atomic E-state index is -0.780. The van der Waals surface area contributed by atoms with Crippen LogP contribution in [0.4, 0.5) is 0 Å². The van der Waals surface area contributed by atoms with Crippen molar-refractivity contribution < 1.29 is 28.6 Å². The number of allylic oxidation sites excluding steroid dienone is 6. The van der Waals surface area contributed by atoms with E-state index in [4.69, 9.17) is 14.2 Å². The summed E-state index contributed by atoms with van der Waals surface area (Å²) in [6.07, 6.45) is 70.1. The molecule has 0 aliphatic heterocycles. The molecule has 0 saturated heterocycles. The van der Waals surface area contributed by atoms with E-state index < -0.39 is 6.10 Å². The summed E-state index contributed by atoms with van der Waals surface area (Å²) in [7, 11) is 0. The number of hydrogen-bond acceptors (Lipinski definition) is 6. The van der Waals surface area contributed by atoms with Gasteiger partial charge >= 0.3 is 17.9 Å². The number of ether oxygens (including phenoxy) is 3. The predicted octanol–water partition coefficient (Wildman–Crippen LogP) is 20.4. The third kappa shape index (κ3) is 56.4. The predicted molar refractivity (Wildman–Crippen MR) is 298 cm³/mol. The SMILES string of the molecule is CCCC/C=C\C/C=C\CCCCCCCC(=O)OC(COC(=O)CCCCCCC/C=C\CCCCCC)COC(=O)CCCCCCCCCCCCCCCCCCCCCCCCCC. The van der Waals surface area contributed by atoms with Gasteiger partial charge in [0.15, 0.2) is 6.10 Å². The average Bonchev–Trinajstić information content (AvgIpc) is 3.35. The van der Waals surface area contributed by atoms with E-state index in [-0.39, 0.29) is 31.1 Å². The van der Waals surface area contributed by atoms with E-state index in [2.05, 4.69) is 57.2 Å². The minimum absolute atomic E-state index is 0.0769. The van der Waals surface area contributed by atoms with Gasteiger partial charge in [-0.3, -0.25) is 14.4 Å². The monoisotopic (exact) mass is 969 g/mol. The minimum Gasteiger partial charge on any atom is -0.462 e. The van der Waals surface area contributed by atoms with E-state index in [1.54, 1.807) is 0 Å². The second kappa shape index (κ2) is 58.2. The number of unbranched alkanes of at least 4 members (excludes halogenated alkanes) is 39. The second-order valence-electron chi connectivity index (χ2n) is 20.6. The Morgan fingerprint density at radius 2 is 0.536 bits per heavy atom. The summed E-state index contributed by atoms with van der Waals surface area (Å²) < 4.78 is 16.9. The largest absolute Gasteiger partial charge is 0.462 e. The maximum absolute atomic E-state index is 12.8. The zero-order valence-corrected chi connectivity index (χ0v) is 46.3. The molecular weight excluding hydrogens is 853 g/mol. The quantitative estimate of drug-likeness (QED) is 0.0261. The lowest BCUT2D eigenvalue weighted by Gasteiger charge is -2.18. The van der Waals surface area contributed by atoms with Crippen molar-refractivity contribution >= 4 is 17.9 Å². The van der Waals surface area contributed by atoms with Crippen molar-refractivity contribution in [1.82, 2.24) is 0 Å². The van der Waals surface area contributed by atoms with E-state index in [9.17, 15) is 14.4 Å². The Morgan fingerprint density at radius 1 is 0.290 bits per heavy atom. The van der Waals surface area contributed by atoms with Gasteiger partial charge in [0.2, 0.25) is 0 Å². The Balaban J connectivity index is 4.23. The molecule has 6 heteroatoms. The first-order chi connectivity index (χ1) is 34.0. The van der Waals surface area contributed by atoms with E-state index in [0.717, 1.165) is 89.9 Å². The highest BCUT2D eigenvalue weighted by molar-refractivity contribution is 5.71. The van der Waals surface area contributed by atoms with Gasteiger partial charge in [0, 0.05) is 19.3 Å². The summed E-state index contributed by atoms with van der Waals surface area (Å²) in [6.45, 7) is 6.61. The Kier molecular flexibility index (Phi) is 56.2. The van der Waals surface area contributed by atoms with Crippen LogP contribution in [0, 0.1) is 0 Å². The molecule has 1 atom stereocenters. The molecule has 6 nitrogen and oxygen atoms in total. The molecule has 0 radical (unpaired) electrons. The molecule has 0 aromatic carbocycles. The Morgan fingerprint density at radius 3 is 0.870 bits per heavy atom. The van der Waals surface area contributed by atoms with Crippen molar-refractivity contribution in [2.45, 2.75) is 335 Å². The molecule has 0 spiro atoms. The first kappa shape index (κ1) is 66.6. The summed E-state index contributed by atoms with van der Waals surface area (Å²) >= 11 is 0. The van der Waals surface area contributed by atoms with E-state index >= 15 is 0 Å². The highest BCUT2D eigenvalue weighted by atomic mass is 16.6. The number of hydrogen-bond donors (Lipinski definition) is 0. The number of esters is 3. The zero-order chi connectivity index (χ0) is 50.0. The first-order valence-corrected chi connectivity index (χ1v) is 30.5. The first-order valence-electron chi connectivity index (χ1n) is 30.5. The maximum Gasteiger partial charge on any atom is 0.306 e. The summed E-state index contributed by atoms with van der Waals surface area (Å²) in [6, 6.07) is 0. The summed E-state index contributed by atoms with van der Waals surface area (Å²) in [5, 5.41) is 0. The van der Waals surface area contributed by atoms with Gasteiger partial charge in [-0.15, -0.1) is 0 Å². The van der Waals surface area contributed by atoms with Crippen LogP contribution < -0.4 is 0 Å². The third-order valence-corrected chi connectivity index (χ3v) is 13.6. The lowest BCUT2D eigenvalue weighted by atomic mass is 10.0. The average molecular weight is 970 g/mol. The van der Waals surface area contributed by atoms with E-state index in [1.807, 2.05) is 0 Å². The maximum atomic E-state index is 12.8. The standard InChI is InChI=1S/C63H116O6/c1-4-7-10-13-16-19-22-25-27-28-29-30-31-32-33-34-35-36-39-41-44-47-50-53-56-62(65)68-59-60(58-67-61(64)55-52-49-46-43-40-37-24-21-18-15-12-9-6-3)69-63(66)57-54-51-48-45-42-38-26-23-20-17-14-11-8-5-2/h14,17,21,23-24,26,60H,4-13,15-16,18-20,22,25,27-59H2,1-3H3/b17-14-,24-21-,26-23-. The summed E-state index contributed by atoms with van der Waals surface area (Å²) in [5.74, 6) is -0.882. The normalized spacial score (nSPS) is 12.2. The molecule has 1 unspecified atom stereocenters. The van der Waals surface area contributed by atoms with Gasteiger partial charge < -0.3 is 14.2 Å². The molecule has 0 aliphatic rings. The fraction of sp³-hybridized carbons (Fsp3) is 0.857. The zero-order valence-electron chi connectivity index (χ0n) is 46.3. The fourth-order valence-corrected chi connectivity index (χ4v) is 8.99. The lowest BCUT2D eigenvalue weighted by Crippen LogP contribution is -2.30. The van der Waals surface area contributed by atoms with Crippen molar-refractivity contribution in [3.8, 4) is 0 Å². The Hall–Kier alpha value is -2.37. The summed E-state index contributed by atoms with van der Waals surface area (Å²) in [4.78, 5) is 38.2. The van der Waals surface area contributed by atoms with Crippen LogP contribution >= 0.6 is 0 Å². The molecule has 404 valence electrons. The molecule has 0 saturated carbocycles. The van der Waals surface area contributed by atoms with Crippen LogP contribution in [0.3, 0.4) is 0 Å². The van der Waals surface area contributed by atoms with Gasteiger partial charge in [0.1, 0.15) is 13.2 Å². The molecule has 0 amide bonds. The van der Waals surface area contributed by atoms with Gasteiger partial charge in [-0.25, -0.2) is 0 Å². The fourth-order valence-electron chi connectivity index (χ4n) is 8.99. The third-order valence-electron chi connectivity index (χ3n) is 13.6. The van der Waals surface area contributed by atoms with Crippen LogP contribution in [0.25, 0.3) is 0 Å². The molecule has 69 heavy (non-hydrogen) atoms. The van der Waals surface area contributed by atoms with Crippen LogP contribution in [0.15, 0.2) is 36.5 Å². The van der Waals surface area contributed by atoms with Crippen LogP contribution in [-0.4, -0.2) is 37.2 Å². The number of carbonyl (C=O) groups excluding carboxylic acids is 3. The molecule has 0 aromatic rings. The van der Waals surface area contributed by atoms with Gasteiger partial charge in [0.25, 0.3) is 0 Å². The lowest BCUT2D eigenvalue weighted by molar-refractivity contribution is -0.167. The van der Waals surface area contributed by atoms with Gasteiger partial charge in [-0.2, -0.15) is 0 Å². The van der Waals surface area contributed by atoms with Crippen molar-refractivity contribution in [3.05, 3.63) is 36.5 Å². The van der Waals surface area contributed by atoms with Crippen molar-refractivity contribution in [2.24, 2.45) is 0 Å². The smallest absolute Gasteiger partial charge is 0.306 e. The summed E-state index contributed by atoms with van der Waals surface area (Å²) in [5.41, 5.74) is 0. The molecule has 0 N–H and O–H groups in total. The molecule has 0 aromatic heterocycles. The molecule has 0 bridgehead atoms. The van der Waals surface area contributed by atoms with Crippen molar-refractivity contribution in [2.75, 3.05) is 13.2 Å². The van der Waals surface area contributed by atoms with Crippen LogP contribution in [-0.2, 0) is 28.6 Å². The highest BCUT2D eigenvalue weighted by Crippen LogP contribution is 2.17. The molecular formula is C63H116O6. The number of rotatable bonds is 56. The second-order valence-corrected chi connectivity index (χ2v) is 20.6. The van der Waals surface area contributed by atoms with Crippen molar-refractivity contribution in [3.63, 3.8) is 0 Å². The number of carbonyl (C=O) groups is 3. The molecule has 0 fully saturated rings. The Bertz CT molecular complexity index is 1160. The molecule has 0 heterocycles. The molecule has 0 rings (SSSR count).